The zero-order chi connectivity index (χ0) is 10.8. The van der Waals surface area contributed by atoms with Crippen LogP contribution in [0, 0.1) is 3.57 Å². The number of thiophene rings is 1. The lowest BCUT2D eigenvalue weighted by atomic mass is 10.1. The van der Waals surface area contributed by atoms with Gasteiger partial charge in [0.1, 0.15) is 0 Å². The molecule has 0 saturated carbocycles. The van der Waals surface area contributed by atoms with Gasteiger partial charge in [0.2, 0.25) is 0 Å². The molecule has 0 radical (unpaired) electrons. The predicted molar refractivity (Wildman–Crippen MR) is 78.1 cm³/mol. The molecule has 0 aliphatic rings. The standard InChI is InChI=1S/C11H9BrINS/c12-11-9(5-14)10(6-15-11)7-1-3-8(13)4-2-7/h1-4,6H,5,14H2. The van der Waals surface area contributed by atoms with Crippen molar-refractivity contribution < 1.29 is 0 Å². The van der Waals surface area contributed by atoms with Crippen LogP contribution in [0.2, 0.25) is 0 Å². The van der Waals surface area contributed by atoms with Crippen molar-refractivity contribution in [3.63, 3.8) is 0 Å². The third-order valence-corrected chi connectivity index (χ3v) is 4.77. The Morgan fingerprint density at radius 2 is 1.93 bits per heavy atom. The summed E-state index contributed by atoms with van der Waals surface area (Å²) in [5.74, 6) is 0. The summed E-state index contributed by atoms with van der Waals surface area (Å²) in [7, 11) is 0. The molecule has 1 aromatic heterocycles. The van der Waals surface area contributed by atoms with E-state index in [1.807, 2.05) is 0 Å². The largest absolute Gasteiger partial charge is 0.326 e. The van der Waals surface area contributed by atoms with Gasteiger partial charge in [0.05, 0.1) is 3.79 Å². The summed E-state index contributed by atoms with van der Waals surface area (Å²) in [6, 6.07) is 8.49. The third kappa shape index (κ3) is 2.43. The van der Waals surface area contributed by atoms with Gasteiger partial charge in [-0.15, -0.1) is 11.3 Å². The van der Waals surface area contributed by atoms with Crippen molar-refractivity contribution in [2.45, 2.75) is 6.54 Å². The van der Waals surface area contributed by atoms with Gasteiger partial charge in [0.15, 0.2) is 0 Å². The number of hydrogen-bond acceptors (Lipinski definition) is 2. The Morgan fingerprint density at radius 1 is 1.27 bits per heavy atom. The van der Waals surface area contributed by atoms with Crippen LogP contribution in [-0.2, 0) is 6.54 Å². The second kappa shape index (κ2) is 4.95. The molecule has 1 nitrogen and oxygen atoms in total. The van der Waals surface area contributed by atoms with Gasteiger partial charge in [-0.2, -0.15) is 0 Å². The van der Waals surface area contributed by atoms with E-state index < -0.39 is 0 Å². The van der Waals surface area contributed by atoms with Gasteiger partial charge in [-0.25, -0.2) is 0 Å². The summed E-state index contributed by atoms with van der Waals surface area (Å²) >= 11 is 7.52. The van der Waals surface area contributed by atoms with Gasteiger partial charge in [-0.05, 0) is 67.3 Å². The summed E-state index contributed by atoms with van der Waals surface area (Å²) in [4.78, 5) is 0. The zero-order valence-corrected chi connectivity index (χ0v) is 12.4. The van der Waals surface area contributed by atoms with Gasteiger partial charge in [-0.3, -0.25) is 0 Å². The van der Waals surface area contributed by atoms with Gasteiger partial charge in [-0.1, -0.05) is 12.1 Å². The summed E-state index contributed by atoms with van der Waals surface area (Å²) in [5.41, 5.74) is 9.41. The Morgan fingerprint density at radius 3 is 2.53 bits per heavy atom. The zero-order valence-electron chi connectivity index (χ0n) is 7.84. The lowest BCUT2D eigenvalue weighted by Crippen LogP contribution is -1.96. The van der Waals surface area contributed by atoms with E-state index >= 15 is 0 Å². The monoisotopic (exact) mass is 393 g/mol. The van der Waals surface area contributed by atoms with Crippen molar-refractivity contribution in [2.75, 3.05) is 0 Å². The van der Waals surface area contributed by atoms with Gasteiger partial charge in [0, 0.05) is 15.5 Å². The quantitative estimate of drug-likeness (QED) is 0.758. The van der Waals surface area contributed by atoms with Crippen molar-refractivity contribution in [2.24, 2.45) is 5.73 Å². The van der Waals surface area contributed by atoms with Crippen LogP contribution in [0.3, 0.4) is 0 Å². The van der Waals surface area contributed by atoms with Crippen molar-refractivity contribution in [1.29, 1.82) is 0 Å². The Kier molecular flexibility index (Phi) is 3.82. The van der Waals surface area contributed by atoms with E-state index in [1.165, 1.54) is 20.3 Å². The van der Waals surface area contributed by atoms with E-state index in [4.69, 9.17) is 5.73 Å². The summed E-state index contributed by atoms with van der Waals surface area (Å²) in [6.45, 7) is 0.575. The molecule has 0 unspecified atom stereocenters. The van der Waals surface area contributed by atoms with Crippen molar-refractivity contribution in [3.05, 3.63) is 42.6 Å². The maximum atomic E-state index is 5.74. The predicted octanol–water partition coefficient (Wildman–Crippen LogP) is 4.24. The fourth-order valence-electron chi connectivity index (χ4n) is 1.42. The highest BCUT2D eigenvalue weighted by Crippen LogP contribution is 2.35. The minimum absolute atomic E-state index is 0.575. The summed E-state index contributed by atoms with van der Waals surface area (Å²) in [6.07, 6.45) is 0. The number of halogens is 2. The van der Waals surface area contributed by atoms with Gasteiger partial charge < -0.3 is 5.73 Å². The molecule has 2 aromatic rings. The number of benzene rings is 1. The normalized spacial score (nSPS) is 10.6. The van der Waals surface area contributed by atoms with E-state index in [0.29, 0.717) is 6.54 Å². The van der Waals surface area contributed by atoms with Crippen LogP contribution < -0.4 is 5.73 Å². The number of hydrogen-bond donors (Lipinski definition) is 1. The van der Waals surface area contributed by atoms with Crippen molar-refractivity contribution in [3.8, 4) is 11.1 Å². The highest BCUT2D eigenvalue weighted by Gasteiger charge is 2.09. The molecule has 2 rings (SSSR count). The molecule has 0 spiro atoms. The average molecular weight is 394 g/mol. The van der Waals surface area contributed by atoms with E-state index in [-0.39, 0.29) is 0 Å². The summed E-state index contributed by atoms with van der Waals surface area (Å²) in [5, 5.41) is 2.15. The average Bonchev–Trinajstić information content (AvgIpc) is 2.61. The molecule has 0 fully saturated rings. The Labute approximate surface area is 115 Å². The Bertz CT molecular complexity index is 464. The van der Waals surface area contributed by atoms with E-state index in [1.54, 1.807) is 11.3 Å². The molecular weight excluding hydrogens is 385 g/mol. The van der Waals surface area contributed by atoms with Crippen LogP contribution in [0.15, 0.2) is 33.4 Å². The fourth-order valence-corrected chi connectivity index (χ4v) is 3.27. The van der Waals surface area contributed by atoms with Crippen molar-refractivity contribution >= 4 is 49.9 Å². The van der Waals surface area contributed by atoms with Crippen LogP contribution in [0.4, 0.5) is 0 Å². The molecule has 0 saturated heterocycles. The summed E-state index contributed by atoms with van der Waals surface area (Å²) < 4.78 is 2.39. The molecular formula is C11H9BrINS. The highest BCUT2D eigenvalue weighted by molar-refractivity contribution is 14.1. The first-order chi connectivity index (χ1) is 7.22. The highest BCUT2D eigenvalue weighted by atomic mass is 127. The maximum Gasteiger partial charge on any atom is 0.0749 e. The van der Waals surface area contributed by atoms with Crippen LogP contribution in [0.5, 0.6) is 0 Å². The molecule has 15 heavy (non-hydrogen) atoms. The molecule has 0 aliphatic carbocycles. The first kappa shape index (κ1) is 11.6. The first-order valence-corrected chi connectivity index (χ1v) is 7.19. The second-order valence-corrected chi connectivity index (χ2v) is 6.56. The van der Waals surface area contributed by atoms with Gasteiger partial charge >= 0.3 is 0 Å². The molecule has 0 aliphatic heterocycles. The smallest absolute Gasteiger partial charge is 0.0749 e. The molecule has 0 bridgehead atoms. The molecule has 0 atom stereocenters. The topological polar surface area (TPSA) is 26.0 Å². The SMILES string of the molecule is NCc1c(-c2ccc(I)cc2)csc1Br. The fraction of sp³-hybridized carbons (Fsp3) is 0.0909. The minimum atomic E-state index is 0.575. The molecule has 2 N–H and O–H groups in total. The third-order valence-electron chi connectivity index (χ3n) is 2.20. The van der Waals surface area contributed by atoms with Crippen LogP contribution in [0.1, 0.15) is 5.56 Å². The number of rotatable bonds is 2. The van der Waals surface area contributed by atoms with Crippen LogP contribution in [0.25, 0.3) is 11.1 Å². The minimum Gasteiger partial charge on any atom is -0.326 e. The van der Waals surface area contributed by atoms with E-state index in [2.05, 4.69) is 68.2 Å². The van der Waals surface area contributed by atoms with Crippen molar-refractivity contribution in [1.82, 2.24) is 0 Å². The van der Waals surface area contributed by atoms with Crippen LogP contribution in [-0.4, -0.2) is 0 Å². The molecule has 1 aromatic carbocycles. The lowest BCUT2D eigenvalue weighted by molar-refractivity contribution is 1.08. The van der Waals surface area contributed by atoms with E-state index in [0.717, 1.165) is 3.79 Å². The molecule has 78 valence electrons. The lowest BCUT2D eigenvalue weighted by Gasteiger charge is -2.02. The second-order valence-electron chi connectivity index (χ2n) is 3.11. The van der Waals surface area contributed by atoms with Crippen LogP contribution >= 0.6 is 49.9 Å². The van der Waals surface area contributed by atoms with E-state index in [9.17, 15) is 0 Å². The molecule has 0 amide bonds. The Balaban J connectivity index is 2.49. The number of nitrogens with two attached hydrogens (primary N) is 1. The molecule has 1 heterocycles. The maximum absolute atomic E-state index is 5.74. The van der Waals surface area contributed by atoms with Gasteiger partial charge in [0.25, 0.3) is 0 Å². The molecule has 4 heteroatoms. The first-order valence-electron chi connectivity index (χ1n) is 4.44. The Hall–Kier alpha value is 0.0900.